The largest absolute Gasteiger partial charge is 0.455 e. The van der Waals surface area contributed by atoms with Gasteiger partial charge >= 0.3 is 29.8 Å². The van der Waals surface area contributed by atoms with Crippen molar-refractivity contribution in [3.8, 4) is 0 Å². The van der Waals surface area contributed by atoms with Crippen molar-refractivity contribution < 1.29 is 52.4 Å². The van der Waals surface area contributed by atoms with Gasteiger partial charge in [0, 0.05) is 39.2 Å². The summed E-state index contributed by atoms with van der Waals surface area (Å²) in [5, 5.41) is 0. The summed E-state index contributed by atoms with van der Waals surface area (Å²) in [5.74, 6) is -3.33. The Bertz CT molecular complexity index is 656. The number of esters is 5. The predicted octanol–water partition coefficient (Wildman–Crippen LogP) is 1.62. The molecule has 1 fully saturated rings. The summed E-state index contributed by atoms with van der Waals surface area (Å²) in [5.41, 5.74) is 0. The van der Waals surface area contributed by atoms with Gasteiger partial charge in [0.25, 0.3) is 0 Å². The molecule has 188 valence electrons. The Kier molecular flexibility index (Phi) is 11.8. The predicted molar refractivity (Wildman–Crippen MR) is 112 cm³/mol. The molecule has 1 saturated carbocycles. The van der Waals surface area contributed by atoms with Gasteiger partial charge in [0.05, 0.1) is 0 Å². The summed E-state index contributed by atoms with van der Waals surface area (Å²) in [6.45, 7) is 7.79. The molecule has 0 spiro atoms. The van der Waals surface area contributed by atoms with E-state index in [1.165, 1.54) is 7.11 Å². The number of carbonyl (C=O) groups is 5. The lowest BCUT2D eigenvalue weighted by Crippen LogP contribution is -2.68. The quantitative estimate of drug-likeness (QED) is 0.318. The highest BCUT2D eigenvalue weighted by molar-refractivity contribution is 5.73. The van der Waals surface area contributed by atoms with Crippen LogP contribution in [0.1, 0.15) is 66.7 Å². The molecule has 0 aliphatic heterocycles. The maximum absolute atomic E-state index is 12.3. The third-order valence-corrected chi connectivity index (χ3v) is 5.00. The van der Waals surface area contributed by atoms with E-state index in [0.717, 1.165) is 0 Å². The Morgan fingerprint density at radius 2 is 0.606 bits per heavy atom. The van der Waals surface area contributed by atoms with Crippen LogP contribution in [0.15, 0.2) is 0 Å². The topological polar surface area (TPSA) is 141 Å². The van der Waals surface area contributed by atoms with Gasteiger partial charge in [-0.15, -0.1) is 0 Å². The number of ether oxygens (including phenoxy) is 6. The van der Waals surface area contributed by atoms with Crippen molar-refractivity contribution in [2.24, 2.45) is 0 Å². The van der Waals surface area contributed by atoms with Gasteiger partial charge < -0.3 is 28.4 Å². The molecule has 0 aromatic carbocycles. The van der Waals surface area contributed by atoms with Crippen LogP contribution < -0.4 is 0 Å². The number of methoxy groups -OCH3 is 1. The number of hydrogen-bond donors (Lipinski definition) is 0. The zero-order valence-corrected chi connectivity index (χ0v) is 20.0. The van der Waals surface area contributed by atoms with Crippen LogP contribution in [0, 0.1) is 0 Å². The minimum absolute atomic E-state index is 0.00550. The van der Waals surface area contributed by atoms with Crippen molar-refractivity contribution in [3.05, 3.63) is 0 Å². The molecule has 0 saturated heterocycles. The third kappa shape index (κ3) is 7.69. The summed E-state index contributed by atoms with van der Waals surface area (Å²) in [6, 6.07) is 0. The molecule has 0 amide bonds. The van der Waals surface area contributed by atoms with E-state index in [1.54, 1.807) is 34.6 Å². The van der Waals surface area contributed by atoms with E-state index in [9.17, 15) is 24.0 Å². The Morgan fingerprint density at radius 3 is 0.758 bits per heavy atom. The van der Waals surface area contributed by atoms with Gasteiger partial charge in [-0.25, -0.2) is 0 Å². The molecule has 11 nitrogen and oxygen atoms in total. The molecule has 0 aromatic heterocycles. The molecule has 11 heteroatoms. The maximum atomic E-state index is 12.3. The summed E-state index contributed by atoms with van der Waals surface area (Å²) >= 11 is 0. The summed E-state index contributed by atoms with van der Waals surface area (Å²) in [6.07, 6.45) is -8.06. The van der Waals surface area contributed by atoms with Crippen molar-refractivity contribution in [2.75, 3.05) is 7.11 Å². The van der Waals surface area contributed by atoms with Crippen LogP contribution in [0.4, 0.5) is 0 Å². The molecule has 6 atom stereocenters. The monoisotopic (exact) mass is 474 g/mol. The van der Waals surface area contributed by atoms with Crippen molar-refractivity contribution in [2.45, 2.75) is 103 Å². The van der Waals surface area contributed by atoms with E-state index in [2.05, 4.69) is 0 Å². The number of carbonyl (C=O) groups excluding carboxylic acids is 5. The second-order valence-corrected chi connectivity index (χ2v) is 7.24. The molecular weight excluding hydrogens is 440 g/mol. The van der Waals surface area contributed by atoms with Gasteiger partial charge in [-0.05, 0) is 0 Å². The molecule has 1 aliphatic carbocycles. The van der Waals surface area contributed by atoms with E-state index in [4.69, 9.17) is 28.4 Å². The first-order valence-corrected chi connectivity index (χ1v) is 11.2. The van der Waals surface area contributed by atoms with Crippen molar-refractivity contribution >= 4 is 29.8 Å². The fourth-order valence-electron chi connectivity index (χ4n) is 3.24. The first-order chi connectivity index (χ1) is 15.7. The van der Waals surface area contributed by atoms with Crippen LogP contribution in [0.2, 0.25) is 0 Å². The second-order valence-electron chi connectivity index (χ2n) is 7.24. The lowest BCUT2D eigenvalue weighted by molar-refractivity contribution is -0.261. The Balaban J connectivity index is 3.66. The van der Waals surface area contributed by atoms with Crippen LogP contribution >= 0.6 is 0 Å². The van der Waals surface area contributed by atoms with Crippen molar-refractivity contribution in [3.63, 3.8) is 0 Å². The molecule has 1 rings (SSSR count). The normalized spacial score (nSPS) is 26.6. The van der Waals surface area contributed by atoms with Gasteiger partial charge in [0.2, 0.25) is 0 Å². The zero-order valence-electron chi connectivity index (χ0n) is 20.0. The van der Waals surface area contributed by atoms with Crippen LogP contribution in [-0.2, 0) is 52.4 Å². The van der Waals surface area contributed by atoms with Gasteiger partial charge in [0.1, 0.15) is 6.10 Å². The summed E-state index contributed by atoms with van der Waals surface area (Å²) in [4.78, 5) is 61.1. The molecule has 2 unspecified atom stereocenters. The van der Waals surface area contributed by atoms with Gasteiger partial charge in [0.15, 0.2) is 30.5 Å². The molecule has 0 bridgehead atoms. The highest BCUT2D eigenvalue weighted by Gasteiger charge is 2.59. The van der Waals surface area contributed by atoms with Crippen molar-refractivity contribution in [1.82, 2.24) is 0 Å². The van der Waals surface area contributed by atoms with Crippen LogP contribution in [0.5, 0.6) is 0 Å². The molecule has 0 N–H and O–H groups in total. The van der Waals surface area contributed by atoms with E-state index in [1.807, 2.05) is 0 Å². The van der Waals surface area contributed by atoms with Gasteiger partial charge in [-0.3, -0.25) is 24.0 Å². The minimum Gasteiger partial charge on any atom is -0.455 e. The smallest absolute Gasteiger partial charge is 0.306 e. The second kappa shape index (κ2) is 13.8. The number of rotatable bonds is 11. The summed E-state index contributed by atoms with van der Waals surface area (Å²) < 4.78 is 33.0. The van der Waals surface area contributed by atoms with E-state index < -0.39 is 66.5 Å². The van der Waals surface area contributed by atoms with Crippen LogP contribution in [0.25, 0.3) is 0 Å². The van der Waals surface area contributed by atoms with E-state index >= 15 is 0 Å². The van der Waals surface area contributed by atoms with Gasteiger partial charge in [-0.2, -0.15) is 0 Å². The summed E-state index contributed by atoms with van der Waals surface area (Å²) in [7, 11) is 1.28. The van der Waals surface area contributed by atoms with Gasteiger partial charge in [-0.1, -0.05) is 34.6 Å². The number of hydrogen-bond acceptors (Lipinski definition) is 11. The first-order valence-electron chi connectivity index (χ1n) is 11.2. The Morgan fingerprint density at radius 1 is 0.424 bits per heavy atom. The van der Waals surface area contributed by atoms with E-state index in [0.29, 0.717) is 0 Å². The lowest BCUT2D eigenvalue weighted by atomic mass is 9.83. The molecule has 0 aromatic rings. The Hall–Kier alpha value is -2.69. The van der Waals surface area contributed by atoms with Crippen LogP contribution in [-0.4, -0.2) is 73.6 Å². The maximum Gasteiger partial charge on any atom is 0.306 e. The standard InChI is InChI=1S/C22H34O11/c1-7-12(23)29-18-17(28-6)19(30-13(24)8-2)21(32-15(26)10-4)22(33-16(27)11-5)20(18)31-14(25)9-3/h17-22H,7-11H2,1-6H3/t17?,18-,19+,20-,21-,22?/m1/s1. The highest BCUT2D eigenvalue weighted by atomic mass is 16.7. The molecule has 0 radical (unpaired) electrons. The molecular formula is C22H34O11. The lowest BCUT2D eigenvalue weighted by Gasteiger charge is -2.47. The molecule has 1 aliphatic rings. The van der Waals surface area contributed by atoms with Crippen LogP contribution in [0.3, 0.4) is 0 Å². The molecule has 0 heterocycles. The zero-order chi connectivity index (χ0) is 25.1. The minimum atomic E-state index is -1.42. The fourth-order valence-corrected chi connectivity index (χ4v) is 3.24. The highest BCUT2D eigenvalue weighted by Crippen LogP contribution is 2.34. The molecule has 33 heavy (non-hydrogen) atoms. The van der Waals surface area contributed by atoms with Crippen molar-refractivity contribution in [1.29, 1.82) is 0 Å². The van der Waals surface area contributed by atoms with E-state index in [-0.39, 0.29) is 32.1 Å². The Labute approximate surface area is 193 Å². The average molecular weight is 475 g/mol. The SMILES string of the molecule is CCC(=O)OC1[C@H](OC(=O)CC)[C@H](OC(=O)CC)C(OC)[C@H](OC(=O)CC)[C@H]1OC(=O)CC. The first kappa shape index (κ1) is 28.3. The average Bonchev–Trinajstić information content (AvgIpc) is 2.82. The fraction of sp³-hybridized carbons (Fsp3) is 0.773. The third-order valence-electron chi connectivity index (χ3n) is 5.00.